The minimum Gasteiger partial charge on any atom is -0.465 e. The maximum Gasteiger partial charge on any atom is 0.338 e. The monoisotopic (exact) mass is 298 g/mol. The van der Waals surface area contributed by atoms with Gasteiger partial charge in [-0.2, -0.15) is 0 Å². The van der Waals surface area contributed by atoms with E-state index >= 15 is 0 Å². The molecule has 0 saturated carbocycles. The van der Waals surface area contributed by atoms with Crippen LogP contribution in [-0.4, -0.2) is 38.9 Å². The molecular formula is C16H26O5. The van der Waals surface area contributed by atoms with Crippen molar-refractivity contribution in [2.24, 2.45) is 0 Å². The van der Waals surface area contributed by atoms with Gasteiger partial charge in [0, 0.05) is 6.61 Å². The van der Waals surface area contributed by atoms with Crippen LogP contribution in [0.1, 0.15) is 48.9 Å². The molecule has 0 saturated heterocycles. The zero-order valence-corrected chi connectivity index (χ0v) is 11.2. The lowest BCUT2D eigenvalue weighted by molar-refractivity contribution is 0.0318. The van der Waals surface area contributed by atoms with Gasteiger partial charge in [-0.25, -0.2) is 9.59 Å². The molecule has 0 bridgehead atoms. The largest absolute Gasteiger partial charge is 0.465 e. The van der Waals surface area contributed by atoms with Crippen LogP contribution in [0.5, 0.6) is 0 Å². The van der Waals surface area contributed by atoms with E-state index in [1.54, 1.807) is 0 Å². The van der Waals surface area contributed by atoms with Crippen molar-refractivity contribution in [2.75, 3.05) is 26.9 Å². The molecule has 1 aromatic carbocycles. The molecule has 0 radical (unpaired) electrons. The van der Waals surface area contributed by atoms with E-state index in [9.17, 15) is 9.59 Å². The number of esters is 2. The normalized spacial score (nSPS) is 9.05. The average Bonchev–Trinajstić information content (AvgIpc) is 2.46. The first-order valence-corrected chi connectivity index (χ1v) is 6.12. The van der Waals surface area contributed by atoms with Gasteiger partial charge in [0.2, 0.25) is 0 Å². The van der Waals surface area contributed by atoms with Crippen LogP contribution in [-0.2, 0) is 14.2 Å². The minimum atomic E-state index is -0.437. The topological polar surface area (TPSA) is 61.8 Å². The lowest BCUT2D eigenvalue weighted by atomic mass is 10.1. The number of carbonyl (C=O) groups excluding carboxylic acids is 2. The summed E-state index contributed by atoms with van der Waals surface area (Å²) < 4.78 is 14.8. The quantitative estimate of drug-likeness (QED) is 0.571. The minimum absolute atomic E-state index is 0. The van der Waals surface area contributed by atoms with Crippen molar-refractivity contribution in [3.63, 3.8) is 0 Å². The molecule has 0 fully saturated rings. The lowest BCUT2D eigenvalue weighted by Gasteiger charge is -2.06. The number of methoxy groups -OCH3 is 1. The fraction of sp³-hybridized carbons (Fsp3) is 0.500. The van der Waals surface area contributed by atoms with Crippen LogP contribution in [0.25, 0.3) is 0 Å². The number of carbonyl (C=O) groups is 2. The van der Waals surface area contributed by atoms with Crippen LogP contribution >= 0.6 is 0 Å². The molecule has 0 N–H and O–H groups in total. The SMILES string of the molecule is C.C.CCCOCCOC(=O)c1ccc(C(=O)OC)cc1. The van der Waals surface area contributed by atoms with E-state index in [2.05, 4.69) is 4.74 Å². The maximum atomic E-state index is 11.6. The zero-order valence-electron chi connectivity index (χ0n) is 11.2. The van der Waals surface area contributed by atoms with Crippen molar-refractivity contribution < 1.29 is 23.8 Å². The summed E-state index contributed by atoms with van der Waals surface area (Å²) >= 11 is 0. The second kappa shape index (κ2) is 11.9. The first kappa shape index (κ1) is 21.4. The molecule has 0 aliphatic carbocycles. The van der Waals surface area contributed by atoms with Crippen LogP contribution in [0.15, 0.2) is 24.3 Å². The standard InChI is InChI=1S/C14H18O5.2CH4/c1-3-8-18-9-10-19-14(16)12-6-4-11(5-7-12)13(15)17-2;;/h4-7H,3,8-10H2,1-2H3;2*1H4. The lowest BCUT2D eigenvalue weighted by Crippen LogP contribution is -2.11. The highest BCUT2D eigenvalue weighted by atomic mass is 16.6. The van der Waals surface area contributed by atoms with Gasteiger partial charge in [-0.05, 0) is 30.7 Å². The summed E-state index contributed by atoms with van der Waals surface area (Å²) in [6.45, 7) is 3.28. The third kappa shape index (κ3) is 7.46. The molecule has 0 atom stereocenters. The van der Waals surface area contributed by atoms with Crippen molar-refractivity contribution in [3.8, 4) is 0 Å². The highest BCUT2D eigenvalue weighted by Crippen LogP contribution is 2.07. The van der Waals surface area contributed by atoms with Crippen LogP contribution in [0.3, 0.4) is 0 Å². The van der Waals surface area contributed by atoms with E-state index in [4.69, 9.17) is 9.47 Å². The summed E-state index contributed by atoms with van der Waals surface area (Å²) in [5.74, 6) is -0.871. The van der Waals surface area contributed by atoms with Gasteiger partial charge >= 0.3 is 11.9 Å². The molecule has 5 nitrogen and oxygen atoms in total. The van der Waals surface area contributed by atoms with Gasteiger partial charge in [-0.1, -0.05) is 21.8 Å². The van der Waals surface area contributed by atoms with Crippen molar-refractivity contribution in [2.45, 2.75) is 28.2 Å². The van der Waals surface area contributed by atoms with Crippen molar-refractivity contribution in [1.29, 1.82) is 0 Å². The number of hydrogen-bond acceptors (Lipinski definition) is 5. The van der Waals surface area contributed by atoms with Crippen LogP contribution in [0.4, 0.5) is 0 Å². The Morgan fingerprint density at radius 3 is 1.90 bits per heavy atom. The Bertz CT molecular complexity index is 411. The molecule has 21 heavy (non-hydrogen) atoms. The third-order valence-corrected chi connectivity index (χ3v) is 2.35. The molecule has 1 aromatic rings. The molecule has 0 aliphatic heterocycles. The molecule has 0 aliphatic rings. The summed E-state index contributed by atoms with van der Waals surface area (Å²) in [5, 5.41) is 0. The van der Waals surface area contributed by atoms with E-state index < -0.39 is 11.9 Å². The molecule has 120 valence electrons. The highest BCUT2D eigenvalue weighted by Gasteiger charge is 2.09. The van der Waals surface area contributed by atoms with Crippen LogP contribution in [0.2, 0.25) is 0 Å². The fourth-order valence-electron chi connectivity index (χ4n) is 1.38. The number of rotatable bonds is 7. The summed E-state index contributed by atoms with van der Waals surface area (Å²) in [5.41, 5.74) is 0.786. The Labute approximate surface area is 127 Å². The summed E-state index contributed by atoms with van der Waals surface area (Å²) in [6, 6.07) is 6.11. The van der Waals surface area contributed by atoms with Crippen LogP contribution in [0, 0.1) is 0 Å². The highest BCUT2D eigenvalue weighted by molar-refractivity contribution is 5.93. The third-order valence-electron chi connectivity index (χ3n) is 2.35. The Kier molecular flexibility index (Phi) is 12.1. The van der Waals surface area contributed by atoms with Gasteiger partial charge in [0.25, 0.3) is 0 Å². The van der Waals surface area contributed by atoms with E-state index in [-0.39, 0.29) is 21.5 Å². The summed E-state index contributed by atoms with van der Waals surface area (Å²) in [7, 11) is 1.31. The van der Waals surface area contributed by atoms with Gasteiger partial charge in [0.05, 0.1) is 24.8 Å². The first-order chi connectivity index (χ1) is 9.19. The predicted molar refractivity (Wildman–Crippen MR) is 82.6 cm³/mol. The average molecular weight is 298 g/mol. The van der Waals surface area contributed by atoms with E-state index in [0.29, 0.717) is 24.3 Å². The molecule has 5 heteroatoms. The molecule has 0 amide bonds. The van der Waals surface area contributed by atoms with E-state index in [1.807, 2.05) is 6.92 Å². The smallest absolute Gasteiger partial charge is 0.338 e. The zero-order chi connectivity index (χ0) is 14.1. The summed E-state index contributed by atoms with van der Waals surface area (Å²) in [4.78, 5) is 22.8. The Morgan fingerprint density at radius 1 is 0.905 bits per heavy atom. The predicted octanol–water partition coefficient (Wildman–Crippen LogP) is 3.33. The van der Waals surface area contributed by atoms with E-state index in [0.717, 1.165) is 6.42 Å². The van der Waals surface area contributed by atoms with Gasteiger partial charge in [0.1, 0.15) is 6.61 Å². The maximum absolute atomic E-state index is 11.6. The molecule has 0 aromatic heterocycles. The van der Waals surface area contributed by atoms with Gasteiger partial charge in [-0.3, -0.25) is 0 Å². The second-order valence-electron chi connectivity index (χ2n) is 3.82. The van der Waals surface area contributed by atoms with Gasteiger partial charge in [0.15, 0.2) is 0 Å². The molecule has 0 heterocycles. The fourth-order valence-corrected chi connectivity index (χ4v) is 1.38. The molecular weight excluding hydrogens is 272 g/mol. The van der Waals surface area contributed by atoms with E-state index in [1.165, 1.54) is 31.4 Å². The Hall–Kier alpha value is -1.88. The number of benzene rings is 1. The van der Waals surface area contributed by atoms with Gasteiger partial charge < -0.3 is 14.2 Å². The molecule has 0 unspecified atom stereocenters. The summed E-state index contributed by atoms with van der Waals surface area (Å²) in [6.07, 6.45) is 0.933. The first-order valence-electron chi connectivity index (χ1n) is 6.12. The van der Waals surface area contributed by atoms with Crippen molar-refractivity contribution >= 4 is 11.9 Å². The molecule has 1 rings (SSSR count). The van der Waals surface area contributed by atoms with Gasteiger partial charge in [-0.15, -0.1) is 0 Å². The van der Waals surface area contributed by atoms with Crippen LogP contribution < -0.4 is 0 Å². The Balaban J connectivity index is 0. The molecule has 0 spiro atoms. The number of ether oxygens (including phenoxy) is 3. The van der Waals surface area contributed by atoms with Crippen molar-refractivity contribution in [3.05, 3.63) is 35.4 Å². The Morgan fingerprint density at radius 2 is 1.43 bits per heavy atom. The van der Waals surface area contributed by atoms with Crippen molar-refractivity contribution in [1.82, 2.24) is 0 Å². The second-order valence-corrected chi connectivity index (χ2v) is 3.82. The number of hydrogen-bond donors (Lipinski definition) is 0.